The summed E-state index contributed by atoms with van der Waals surface area (Å²) in [6, 6.07) is 25.8. The summed E-state index contributed by atoms with van der Waals surface area (Å²) in [5, 5.41) is 9.58. The van der Waals surface area contributed by atoms with E-state index < -0.39 is 0 Å². The fourth-order valence-corrected chi connectivity index (χ4v) is 3.21. The number of carbonyl (C=O) groups is 1. The number of para-hydroxylation sites is 1. The Hall–Kier alpha value is -3.40. The van der Waals surface area contributed by atoms with Crippen molar-refractivity contribution in [2.75, 3.05) is 11.4 Å². The average molecular weight is 341 g/mol. The van der Waals surface area contributed by atoms with Gasteiger partial charge in [0.1, 0.15) is 5.69 Å². The van der Waals surface area contributed by atoms with E-state index in [2.05, 4.69) is 28.4 Å². The van der Waals surface area contributed by atoms with Crippen LogP contribution in [0.15, 0.2) is 78.9 Å². The van der Waals surface area contributed by atoms with Gasteiger partial charge in [-0.25, -0.2) is 0 Å². The molecule has 1 amide bonds. The molecule has 0 aliphatic heterocycles. The minimum atomic E-state index is -0.0855. The second-order valence-electron chi connectivity index (χ2n) is 6.08. The molecule has 0 saturated carbocycles. The topological polar surface area (TPSA) is 49.0 Å². The Labute approximate surface area is 152 Å². The molecule has 4 nitrogen and oxygen atoms in total. The first-order valence-corrected chi connectivity index (χ1v) is 8.68. The molecule has 1 N–H and O–H groups in total. The van der Waals surface area contributed by atoms with Crippen LogP contribution in [0.5, 0.6) is 0 Å². The number of rotatable bonds is 4. The van der Waals surface area contributed by atoms with E-state index in [9.17, 15) is 4.79 Å². The Kier molecular flexibility index (Phi) is 4.23. The number of carbonyl (C=O) groups excluding carboxylic acids is 1. The van der Waals surface area contributed by atoms with E-state index in [4.69, 9.17) is 0 Å². The van der Waals surface area contributed by atoms with Crippen LogP contribution in [-0.2, 0) is 0 Å². The van der Waals surface area contributed by atoms with Crippen molar-refractivity contribution in [1.29, 1.82) is 0 Å². The quantitative estimate of drug-likeness (QED) is 0.574. The molecule has 4 heteroatoms. The smallest absolute Gasteiger partial charge is 0.276 e. The first kappa shape index (κ1) is 16.1. The highest BCUT2D eigenvalue weighted by atomic mass is 16.2. The molecule has 0 unspecified atom stereocenters. The van der Waals surface area contributed by atoms with Crippen LogP contribution < -0.4 is 4.90 Å². The summed E-state index contributed by atoms with van der Waals surface area (Å²) in [5.41, 5.74) is 3.15. The van der Waals surface area contributed by atoms with Crippen LogP contribution in [0.3, 0.4) is 0 Å². The number of H-pyrrole nitrogens is 1. The van der Waals surface area contributed by atoms with Gasteiger partial charge in [-0.2, -0.15) is 5.10 Å². The Morgan fingerprint density at radius 3 is 2.50 bits per heavy atom. The maximum absolute atomic E-state index is 12.9. The highest BCUT2D eigenvalue weighted by Crippen LogP contribution is 2.28. The van der Waals surface area contributed by atoms with E-state index in [-0.39, 0.29) is 5.91 Å². The highest BCUT2D eigenvalue weighted by Gasteiger charge is 2.19. The normalized spacial score (nSPS) is 10.8. The summed E-state index contributed by atoms with van der Waals surface area (Å²) in [7, 11) is 0. The lowest BCUT2D eigenvalue weighted by atomic mass is 10.0. The Balaban J connectivity index is 1.70. The van der Waals surface area contributed by atoms with Crippen LogP contribution in [0.4, 0.5) is 5.69 Å². The first-order chi connectivity index (χ1) is 12.8. The molecule has 0 radical (unpaired) electrons. The second-order valence-corrected chi connectivity index (χ2v) is 6.08. The fraction of sp³-hybridized carbons (Fsp3) is 0.0909. The van der Waals surface area contributed by atoms with Gasteiger partial charge in [-0.1, -0.05) is 60.7 Å². The summed E-state index contributed by atoms with van der Waals surface area (Å²) in [6.45, 7) is 2.55. The lowest BCUT2D eigenvalue weighted by molar-refractivity contribution is 0.0983. The molecule has 0 saturated heterocycles. The zero-order chi connectivity index (χ0) is 17.9. The number of fused-ring (bicyclic) bond motifs is 1. The minimum Gasteiger partial charge on any atom is -0.307 e. The van der Waals surface area contributed by atoms with Gasteiger partial charge in [0.2, 0.25) is 0 Å². The van der Waals surface area contributed by atoms with E-state index in [1.165, 1.54) is 0 Å². The average Bonchev–Trinajstić information content (AvgIpc) is 3.19. The summed E-state index contributed by atoms with van der Waals surface area (Å²) in [5.74, 6) is -0.0855. The van der Waals surface area contributed by atoms with Crippen LogP contribution in [0, 0.1) is 0 Å². The monoisotopic (exact) mass is 341 g/mol. The van der Waals surface area contributed by atoms with Crippen molar-refractivity contribution in [2.45, 2.75) is 6.92 Å². The molecular weight excluding hydrogens is 322 g/mol. The molecule has 4 rings (SSSR count). The summed E-state index contributed by atoms with van der Waals surface area (Å²) in [4.78, 5) is 14.7. The Bertz CT molecular complexity index is 1050. The van der Waals surface area contributed by atoms with Gasteiger partial charge in [0.25, 0.3) is 5.91 Å². The van der Waals surface area contributed by atoms with Gasteiger partial charge in [-0.3, -0.25) is 9.89 Å². The lowest BCUT2D eigenvalue weighted by Gasteiger charge is -2.19. The SMILES string of the molecule is CCN(C(=O)c1cc(-c2cccc3ccccc23)n[nH]1)c1ccccc1. The van der Waals surface area contributed by atoms with Crippen molar-refractivity contribution < 1.29 is 4.79 Å². The van der Waals surface area contributed by atoms with Crippen LogP contribution >= 0.6 is 0 Å². The van der Waals surface area contributed by atoms with Crippen LogP contribution in [0.25, 0.3) is 22.0 Å². The number of nitrogens with one attached hydrogen (secondary N) is 1. The van der Waals surface area contributed by atoms with Crippen molar-refractivity contribution in [3.8, 4) is 11.3 Å². The maximum atomic E-state index is 12.9. The number of amides is 1. The number of aromatic nitrogens is 2. The van der Waals surface area contributed by atoms with Crippen molar-refractivity contribution in [3.05, 3.63) is 84.6 Å². The summed E-state index contributed by atoms with van der Waals surface area (Å²) in [6.07, 6.45) is 0. The molecule has 0 atom stereocenters. The molecule has 0 fully saturated rings. The molecule has 26 heavy (non-hydrogen) atoms. The minimum absolute atomic E-state index is 0.0855. The van der Waals surface area contributed by atoms with E-state index in [0.29, 0.717) is 12.2 Å². The van der Waals surface area contributed by atoms with Gasteiger partial charge in [0, 0.05) is 17.8 Å². The van der Waals surface area contributed by atoms with Gasteiger partial charge in [0.15, 0.2) is 0 Å². The number of anilines is 1. The molecule has 1 heterocycles. The molecule has 1 aromatic heterocycles. The predicted molar refractivity (Wildman–Crippen MR) is 105 cm³/mol. The highest BCUT2D eigenvalue weighted by molar-refractivity contribution is 6.06. The van der Waals surface area contributed by atoms with Crippen LogP contribution in [-0.4, -0.2) is 22.6 Å². The zero-order valence-electron chi connectivity index (χ0n) is 14.5. The Morgan fingerprint density at radius 1 is 0.962 bits per heavy atom. The Morgan fingerprint density at radius 2 is 1.69 bits per heavy atom. The number of aromatic amines is 1. The van der Waals surface area contributed by atoms with Gasteiger partial charge in [-0.05, 0) is 35.9 Å². The van der Waals surface area contributed by atoms with E-state index in [1.807, 2.05) is 67.6 Å². The number of benzene rings is 3. The predicted octanol–water partition coefficient (Wildman–Crippen LogP) is 4.90. The molecule has 0 aliphatic rings. The van der Waals surface area contributed by atoms with Crippen LogP contribution in [0.2, 0.25) is 0 Å². The molecule has 3 aromatic carbocycles. The summed E-state index contributed by atoms with van der Waals surface area (Å²) < 4.78 is 0. The third kappa shape index (κ3) is 2.86. The first-order valence-electron chi connectivity index (χ1n) is 8.68. The van der Waals surface area contributed by atoms with E-state index >= 15 is 0 Å². The van der Waals surface area contributed by atoms with Crippen LogP contribution in [0.1, 0.15) is 17.4 Å². The molecule has 0 aliphatic carbocycles. The molecular formula is C22H19N3O. The third-order valence-electron chi connectivity index (χ3n) is 4.50. The summed E-state index contributed by atoms with van der Waals surface area (Å²) >= 11 is 0. The molecule has 0 spiro atoms. The van der Waals surface area contributed by atoms with Crippen molar-refractivity contribution in [3.63, 3.8) is 0 Å². The maximum Gasteiger partial charge on any atom is 0.276 e. The molecule has 0 bridgehead atoms. The van der Waals surface area contributed by atoms with E-state index in [0.717, 1.165) is 27.7 Å². The number of nitrogens with zero attached hydrogens (tertiary/aromatic N) is 2. The van der Waals surface area contributed by atoms with Gasteiger partial charge >= 0.3 is 0 Å². The van der Waals surface area contributed by atoms with Gasteiger partial charge < -0.3 is 4.90 Å². The van der Waals surface area contributed by atoms with Crippen molar-refractivity contribution in [1.82, 2.24) is 10.2 Å². The number of hydrogen-bond acceptors (Lipinski definition) is 2. The third-order valence-corrected chi connectivity index (χ3v) is 4.50. The molecule has 4 aromatic rings. The van der Waals surface area contributed by atoms with Gasteiger partial charge in [-0.15, -0.1) is 0 Å². The van der Waals surface area contributed by atoms with Gasteiger partial charge in [0.05, 0.1) is 5.69 Å². The number of hydrogen-bond donors (Lipinski definition) is 1. The molecule has 128 valence electrons. The zero-order valence-corrected chi connectivity index (χ0v) is 14.5. The van der Waals surface area contributed by atoms with Crippen molar-refractivity contribution >= 4 is 22.4 Å². The second kappa shape index (κ2) is 6.84. The lowest BCUT2D eigenvalue weighted by Crippen LogP contribution is -2.30. The fourth-order valence-electron chi connectivity index (χ4n) is 3.21. The van der Waals surface area contributed by atoms with Crippen molar-refractivity contribution in [2.24, 2.45) is 0 Å². The largest absolute Gasteiger partial charge is 0.307 e. The van der Waals surface area contributed by atoms with E-state index in [1.54, 1.807) is 4.90 Å². The standard InChI is InChI=1S/C22H19N3O/c1-2-25(17-11-4-3-5-12-17)22(26)21-15-20(23-24-21)19-14-8-10-16-9-6-7-13-18(16)19/h3-15H,2H2,1H3,(H,23,24).